The van der Waals surface area contributed by atoms with Crippen molar-refractivity contribution >= 4 is 33.7 Å². The minimum Gasteiger partial charge on any atom is -0.496 e. The van der Waals surface area contributed by atoms with E-state index < -0.39 is 0 Å². The standard InChI is InChI=1S/C20H17BrO4/c1-12-4-6-13(7-5-12)18-10-15(20(22)25-18)8-14-9-16(21)19(24-3)11-17(14)23-2/h4-11H,1-3H3/b15-8+. The normalized spacial score (nSPS) is 15.1. The van der Waals surface area contributed by atoms with Gasteiger partial charge in [0, 0.05) is 17.2 Å². The highest BCUT2D eigenvalue weighted by Gasteiger charge is 2.22. The van der Waals surface area contributed by atoms with Crippen LogP contribution < -0.4 is 9.47 Å². The van der Waals surface area contributed by atoms with Crippen molar-refractivity contribution in [2.75, 3.05) is 14.2 Å². The topological polar surface area (TPSA) is 44.8 Å². The third-order valence-corrected chi connectivity index (χ3v) is 4.50. The molecule has 128 valence electrons. The lowest BCUT2D eigenvalue weighted by atomic mass is 10.1. The molecule has 0 bridgehead atoms. The van der Waals surface area contributed by atoms with Crippen LogP contribution in [-0.2, 0) is 9.53 Å². The Labute approximate surface area is 154 Å². The van der Waals surface area contributed by atoms with Gasteiger partial charge < -0.3 is 14.2 Å². The van der Waals surface area contributed by atoms with Crippen molar-refractivity contribution in [3.8, 4) is 11.5 Å². The molecule has 0 radical (unpaired) electrons. The van der Waals surface area contributed by atoms with Crippen LogP contribution in [0.2, 0.25) is 0 Å². The first kappa shape index (κ1) is 17.3. The van der Waals surface area contributed by atoms with Gasteiger partial charge in [-0.3, -0.25) is 0 Å². The summed E-state index contributed by atoms with van der Waals surface area (Å²) in [5, 5.41) is 0. The molecule has 0 fully saturated rings. The highest BCUT2D eigenvalue weighted by atomic mass is 79.9. The summed E-state index contributed by atoms with van der Waals surface area (Å²) in [7, 11) is 3.16. The SMILES string of the molecule is COc1cc(OC)c(/C=C2\C=C(c3ccc(C)cc3)OC2=O)cc1Br. The van der Waals surface area contributed by atoms with Gasteiger partial charge in [0.2, 0.25) is 0 Å². The molecule has 2 aromatic rings. The van der Waals surface area contributed by atoms with Crippen molar-refractivity contribution in [3.05, 3.63) is 69.2 Å². The van der Waals surface area contributed by atoms with Crippen molar-refractivity contribution in [2.45, 2.75) is 6.92 Å². The van der Waals surface area contributed by atoms with Gasteiger partial charge in [0.15, 0.2) is 0 Å². The number of aryl methyl sites for hydroxylation is 1. The van der Waals surface area contributed by atoms with Crippen LogP contribution in [0.3, 0.4) is 0 Å². The van der Waals surface area contributed by atoms with E-state index in [0.29, 0.717) is 22.8 Å². The molecule has 25 heavy (non-hydrogen) atoms. The molecule has 0 aromatic heterocycles. The zero-order chi connectivity index (χ0) is 18.0. The van der Waals surface area contributed by atoms with Gasteiger partial charge in [-0.25, -0.2) is 4.79 Å². The van der Waals surface area contributed by atoms with E-state index in [-0.39, 0.29) is 5.97 Å². The summed E-state index contributed by atoms with van der Waals surface area (Å²) in [5.41, 5.74) is 3.23. The number of hydrogen-bond acceptors (Lipinski definition) is 4. The zero-order valence-electron chi connectivity index (χ0n) is 14.1. The summed E-state index contributed by atoms with van der Waals surface area (Å²) >= 11 is 3.45. The number of esters is 1. The number of hydrogen-bond donors (Lipinski definition) is 0. The van der Waals surface area contributed by atoms with E-state index in [2.05, 4.69) is 15.9 Å². The molecule has 0 spiro atoms. The first-order valence-electron chi connectivity index (χ1n) is 7.66. The van der Waals surface area contributed by atoms with E-state index in [1.807, 2.05) is 37.3 Å². The number of benzene rings is 2. The largest absolute Gasteiger partial charge is 0.496 e. The minimum atomic E-state index is -0.385. The van der Waals surface area contributed by atoms with Crippen LogP contribution in [0.1, 0.15) is 16.7 Å². The number of methoxy groups -OCH3 is 2. The monoisotopic (exact) mass is 400 g/mol. The third-order valence-electron chi connectivity index (χ3n) is 3.88. The average molecular weight is 401 g/mol. The van der Waals surface area contributed by atoms with Gasteiger partial charge in [-0.05, 0) is 41.1 Å². The van der Waals surface area contributed by atoms with Crippen molar-refractivity contribution < 1.29 is 19.0 Å². The van der Waals surface area contributed by atoms with E-state index in [4.69, 9.17) is 14.2 Å². The molecule has 0 atom stereocenters. The quantitative estimate of drug-likeness (QED) is 0.548. The average Bonchev–Trinajstić information content (AvgIpc) is 2.96. The van der Waals surface area contributed by atoms with Crippen LogP contribution >= 0.6 is 15.9 Å². The number of rotatable bonds is 4. The number of carbonyl (C=O) groups excluding carboxylic acids is 1. The van der Waals surface area contributed by atoms with Crippen molar-refractivity contribution in [2.24, 2.45) is 0 Å². The minimum absolute atomic E-state index is 0.385. The Kier molecular flexibility index (Phi) is 4.95. The maximum Gasteiger partial charge on any atom is 0.343 e. The lowest BCUT2D eigenvalue weighted by Crippen LogP contribution is -1.98. The molecule has 3 rings (SSSR count). The molecule has 1 aliphatic heterocycles. The van der Waals surface area contributed by atoms with Crippen LogP contribution in [-0.4, -0.2) is 20.2 Å². The van der Waals surface area contributed by atoms with Crippen LogP contribution in [0, 0.1) is 6.92 Å². The molecular weight excluding hydrogens is 384 g/mol. The van der Waals surface area contributed by atoms with Gasteiger partial charge in [0.1, 0.15) is 17.3 Å². The van der Waals surface area contributed by atoms with Gasteiger partial charge in [-0.15, -0.1) is 0 Å². The van der Waals surface area contributed by atoms with Gasteiger partial charge in [0.25, 0.3) is 0 Å². The highest BCUT2D eigenvalue weighted by molar-refractivity contribution is 9.10. The van der Waals surface area contributed by atoms with E-state index in [1.54, 1.807) is 32.4 Å². The molecule has 1 heterocycles. The summed E-state index contributed by atoms with van der Waals surface area (Å²) in [6, 6.07) is 11.4. The molecule has 5 heteroatoms. The summed E-state index contributed by atoms with van der Waals surface area (Å²) < 4.78 is 16.8. The molecule has 2 aromatic carbocycles. The Hall–Kier alpha value is -2.53. The Morgan fingerprint density at radius 3 is 2.36 bits per heavy atom. The maximum absolute atomic E-state index is 12.2. The molecular formula is C20H17BrO4. The summed E-state index contributed by atoms with van der Waals surface area (Å²) in [4.78, 5) is 12.2. The second-order valence-corrected chi connectivity index (χ2v) is 6.45. The van der Waals surface area contributed by atoms with Crippen LogP contribution in [0.5, 0.6) is 11.5 Å². The molecule has 1 aliphatic rings. The molecule has 0 aliphatic carbocycles. The smallest absolute Gasteiger partial charge is 0.343 e. The molecule has 0 saturated carbocycles. The molecule has 0 saturated heterocycles. The fourth-order valence-corrected chi connectivity index (χ4v) is 3.04. The number of carbonyl (C=O) groups is 1. The molecule has 4 nitrogen and oxygen atoms in total. The fourth-order valence-electron chi connectivity index (χ4n) is 2.51. The molecule has 0 N–H and O–H groups in total. The second kappa shape index (κ2) is 7.15. The first-order chi connectivity index (χ1) is 12.0. The van der Waals surface area contributed by atoms with Crippen LogP contribution in [0.4, 0.5) is 0 Å². The zero-order valence-corrected chi connectivity index (χ0v) is 15.7. The van der Waals surface area contributed by atoms with Crippen LogP contribution in [0.25, 0.3) is 11.8 Å². The van der Waals surface area contributed by atoms with E-state index in [0.717, 1.165) is 21.2 Å². The Balaban J connectivity index is 1.99. The molecule has 0 unspecified atom stereocenters. The van der Waals surface area contributed by atoms with Crippen molar-refractivity contribution in [1.82, 2.24) is 0 Å². The van der Waals surface area contributed by atoms with Gasteiger partial charge in [-0.2, -0.15) is 0 Å². The number of cyclic esters (lactones) is 1. The summed E-state index contributed by atoms with van der Waals surface area (Å²) in [6.07, 6.45) is 3.48. The number of halogens is 1. The van der Waals surface area contributed by atoms with Gasteiger partial charge in [-0.1, -0.05) is 29.8 Å². The van der Waals surface area contributed by atoms with Crippen molar-refractivity contribution in [1.29, 1.82) is 0 Å². The first-order valence-corrected chi connectivity index (χ1v) is 8.45. The summed E-state index contributed by atoms with van der Waals surface area (Å²) in [5.74, 6) is 1.42. The lowest BCUT2D eigenvalue weighted by Gasteiger charge is -2.10. The predicted octanol–water partition coefficient (Wildman–Crippen LogP) is 4.76. The lowest BCUT2D eigenvalue weighted by molar-refractivity contribution is -0.130. The van der Waals surface area contributed by atoms with Crippen LogP contribution in [0.15, 0.2) is 52.5 Å². The summed E-state index contributed by atoms with van der Waals surface area (Å²) in [6.45, 7) is 2.01. The fraction of sp³-hybridized carbons (Fsp3) is 0.150. The Morgan fingerprint density at radius 1 is 1.04 bits per heavy atom. The maximum atomic E-state index is 12.2. The molecule has 0 amide bonds. The number of ether oxygens (including phenoxy) is 3. The van der Waals surface area contributed by atoms with E-state index in [1.165, 1.54) is 0 Å². The third kappa shape index (κ3) is 3.61. The van der Waals surface area contributed by atoms with Gasteiger partial charge >= 0.3 is 5.97 Å². The second-order valence-electron chi connectivity index (χ2n) is 5.59. The van der Waals surface area contributed by atoms with E-state index >= 15 is 0 Å². The van der Waals surface area contributed by atoms with Crippen molar-refractivity contribution in [3.63, 3.8) is 0 Å². The van der Waals surface area contributed by atoms with Gasteiger partial charge in [0.05, 0.1) is 24.3 Å². The van der Waals surface area contributed by atoms with E-state index in [9.17, 15) is 4.79 Å². The Morgan fingerprint density at radius 2 is 1.72 bits per heavy atom. The highest BCUT2D eigenvalue weighted by Crippen LogP contribution is 2.35. The predicted molar refractivity (Wildman–Crippen MR) is 100 cm³/mol. The Bertz CT molecular complexity index is 879.